The lowest BCUT2D eigenvalue weighted by Gasteiger charge is -2.17. The zero-order valence-corrected chi connectivity index (χ0v) is 9.53. The first-order valence-electron chi connectivity index (χ1n) is 5.03. The maximum Gasteiger partial charge on any atom is 0.345 e. The number of benzene rings is 1. The molecule has 1 rings (SSSR count). The molecular weight excluding hydrogens is 211 g/mol. The molecule has 1 N–H and O–H groups in total. The Hall–Kier alpha value is -1.58. The predicted octanol–water partition coefficient (Wildman–Crippen LogP) is 2.74. The highest BCUT2D eigenvalue weighted by molar-refractivity contribution is 5.78. The summed E-state index contributed by atoms with van der Waals surface area (Å²) in [6.07, 6.45) is -0.0362. The molecule has 0 saturated carbocycles. The van der Waals surface area contributed by atoms with Crippen LogP contribution in [0.1, 0.15) is 26.3 Å². The van der Waals surface area contributed by atoms with Gasteiger partial charge in [-0.3, -0.25) is 0 Å². The van der Waals surface area contributed by atoms with Crippen molar-refractivity contribution < 1.29 is 19.0 Å². The van der Waals surface area contributed by atoms with Crippen LogP contribution in [0.25, 0.3) is 0 Å². The van der Waals surface area contributed by atoms with E-state index in [2.05, 4.69) is 0 Å². The van der Waals surface area contributed by atoms with Crippen molar-refractivity contribution in [2.75, 3.05) is 0 Å². The summed E-state index contributed by atoms with van der Waals surface area (Å²) in [6.45, 7) is 4.71. The van der Waals surface area contributed by atoms with E-state index >= 15 is 0 Å². The average Bonchev–Trinajstić information content (AvgIpc) is 2.16. The lowest BCUT2D eigenvalue weighted by Crippen LogP contribution is -2.26. The second-order valence-electron chi connectivity index (χ2n) is 4.00. The van der Waals surface area contributed by atoms with Gasteiger partial charge < -0.3 is 9.84 Å². The van der Waals surface area contributed by atoms with Crippen LogP contribution >= 0.6 is 0 Å². The van der Waals surface area contributed by atoms with Gasteiger partial charge in [-0.15, -0.1) is 0 Å². The first-order chi connectivity index (χ1) is 7.34. The Morgan fingerprint density at radius 3 is 2.62 bits per heavy atom. The second kappa shape index (κ2) is 4.51. The van der Waals surface area contributed by atoms with Crippen LogP contribution in [0.3, 0.4) is 0 Å². The lowest BCUT2D eigenvalue weighted by molar-refractivity contribution is -0.150. The minimum atomic E-state index is -2.39. The lowest BCUT2D eigenvalue weighted by atomic mass is 9.98. The number of carboxylic acids is 1. The van der Waals surface area contributed by atoms with Crippen molar-refractivity contribution in [2.24, 2.45) is 0 Å². The van der Waals surface area contributed by atoms with Gasteiger partial charge in [-0.1, -0.05) is 12.1 Å². The summed E-state index contributed by atoms with van der Waals surface area (Å²) in [4.78, 5) is 10.7. The van der Waals surface area contributed by atoms with E-state index in [0.29, 0.717) is 5.75 Å². The fraction of sp³-hybridized carbons (Fsp3) is 0.417. The predicted molar refractivity (Wildman–Crippen MR) is 58.3 cm³/mol. The van der Waals surface area contributed by atoms with Crippen molar-refractivity contribution in [1.29, 1.82) is 0 Å². The third kappa shape index (κ3) is 2.72. The van der Waals surface area contributed by atoms with Gasteiger partial charge in [-0.05, 0) is 32.9 Å². The summed E-state index contributed by atoms with van der Waals surface area (Å²) in [7, 11) is 0. The molecule has 88 valence electrons. The Balaban J connectivity index is 3.03. The Morgan fingerprint density at radius 1 is 1.50 bits per heavy atom. The van der Waals surface area contributed by atoms with Gasteiger partial charge in [0.25, 0.3) is 0 Å². The first-order valence-corrected chi connectivity index (χ1v) is 5.03. The number of aliphatic carboxylic acids is 1. The Labute approximate surface area is 93.9 Å². The number of hydrogen-bond acceptors (Lipinski definition) is 2. The van der Waals surface area contributed by atoms with Crippen molar-refractivity contribution in [3.63, 3.8) is 0 Å². The molecule has 0 aromatic heterocycles. The van der Waals surface area contributed by atoms with Crippen LogP contribution in [-0.2, 0) is 10.5 Å². The molecule has 0 heterocycles. The van der Waals surface area contributed by atoms with Crippen molar-refractivity contribution in [2.45, 2.75) is 32.5 Å². The highest BCUT2D eigenvalue weighted by Gasteiger charge is 2.35. The number of hydrogen-bond donors (Lipinski definition) is 1. The molecule has 0 amide bonds. The van der Waals surface area contributed by atoms with Gasteiger partial charge in [0.1, 0.15) is 5.75 Å². The molecule has 0 fully saturated rings. The molecule has 1 atom stereocenters. The van der Waals surface area contributed by atoms with Crippen LogP contribution in [0.4, 0.5) is 4.39 Å². The number of carbonyl (C=O) groups is 1. The van der Waals surface area contributed by atoms with E-state index < -0.39 is 11.6 Å². The largest absolute Gasteiger partial charge is 0.491 e. The van der Waals surface area contributed by atoms with Crippen molar-refractivity contribution in [3.05, 3.63) is 29.8 Å². The van der Waals surface area contributed by atoms with Crippen LogP contribution in [0.5, 0.6) is 5.75 Å². The van der Waals surface area contributed by atoms with E-state index in [9.17, 15) is 9.18 Å². The van der Waals surface area contributed by atoms with Crippen LogP contribution in [0.15, 0.2) is 24.3 Å². The van der Waals surface area contributed by atoms with Gasteiger partial charge >= 0.3 is 5.97 Å². The van der Waals surface area contributed by atoms with Crippen molar-refractivity contribution >= 4 is 5.97 Å². The molecular formula is C12H15FO3. The molecule has 0 aliphatic heterocycles. The number of alkyl halides is 1. The van der Waals surface area contributed by atoms with Gasteiger partial charge in [0.05, 0.1) is 6.10 Å². The van der Waals surface area contributed by atoms with Gasteiger partial charge in [-0.25, -0.2) is 9.18 Å². The topological polar surface area (TPSA) is 46.5 Å². The standard InChI is InChI=1S/C12H15FO3/c1-8(2)16-10-6-4-5-9(7-10)12(3,13)11(14)15/h4-8H,1-3H3,(H,14,15). The number of ether oxygens (including phenoxy) is 1. The van der Waals surface area contributed by atoms with E-state index in [-0.39, 0.29) is 11.7 Å². The van der Waals surface area contributed by atoms with Crippen molar-refractivity contribution in [3.8, 4) is 5.75 Å². The zero-order chi connectivity index (χ0) is 12.3. The molecule has 0 saturated heterocycles. The van der Waals surface area contributed by atoms with E-state index in [4.69, 9.17) is 9.84 Å². The summed E-state index contributed by atoms with van der Waals surface area (Å²) in [5, 5.41) is 8.75. The minimum Gasteiger partial charge on any atom is -0.491 e. The summed E-state index contributed by atoms with van der Waals surface area (Å²) >= 11 is 0. The van der Waals surface area contributed by atoms with Crippen LogP contribution < -0.4 is 4.74 Å². The maximum atomic E-state index is 13.8. The molecule has 4 heteroatoms. The summed E-state index contributed by atoms with van der Waals surface area (Å²) in [5.74, 6) is -1.04. The molecule has 0 aliphatic carbocycles. The fourth-order valence-corrected chi connectivity index (χ4v) is 1.26. The maximum absolute atomic E-state index is 13.8. The summed E-state index contributed by atoms with van der Waals surface area (Å²) in [6, 6.07) is 6.09. The molecule has 0 aliphatic rings. The molecule has 0 bridgehead atoms. The molecule has 1 aromatic rings. The average molecular weight is 226 g/mol. The van der Waals surface area contributed by atoms with Gasteiger partial charge in [-0.2, -0.15) is 0 Å². The number of carboxylic acid groups (broad SMARTS) is 1. The fourth-order valence-electron chi connectivity index (χ4n) is 1.26. The summed E-state index contributed by atoms with van der Waals surface area (Å²) < 4.78 is 19.2. The molecule has 0 radical (unpaired) electrons. The van der Waals surface area contributed by atoms with Crippen LogP contribution in [0, 0.1) is 0 Å². The third-order valence-electron chi connectivity index (χ3n) is 2.15. The quantitative estimate of drug-likeness (QED) is 0.858. The smallest absolute Gasteiger partial charge is 0.345 e. The number of rotatable bonds is 4. The molecule has 1 aromatic carbocycles. The second-order valence-corrected chi connectivity index (χ2v) is 4.00. The minimum absolute atomic E-state index is 0.0362. The Morgan fingerprint density at radius 2 is 2.12 bits per heavy atom. The monoisotopic (exact) mass is 226 g/mol. The third-order valence-corrected chi connectivity index (χ3v) is 2.15. The van der Waals surface area contributed by atoms with Gasteiger partial charge in [0.15, 0.2) is 0 Å². The highest BCUT2D eigenvalue weighted by atomic mass is 19.1. The van der Waals surface area contributed by atoms with Crippen LogP contribution in [-0.4, -0.2) is 17.2 Å². The van der Waals surface area contributed by atoms with E-state index in [0.717, 1.165) is 6.92 Å². The van der Waals surface area contributed by atoms with E-state index in [1.54, 1.807) is 12.1 Å². The van der Waals surface area contributed by atoms with E-state index in [1.165, 1.54) is 12.1 Å². The number of halogens is 1. The SMILES string of the molecule is CC(C)Oc1cccc(C(C)(F)C(=O)O)c1. The summed E-state index contributed by atoms with van der Waals surface area (Å²) in [5.41, 5.74) is -2.31. The Bertz CT molecular complexity index is 386. The van der Waals surface area contributed by atoms with Gasteiger partial charge in [0, 0.05) is 5.56 Å². The zero-order valence-electron chi connectivity index (χ0n) is 9.53. The molecule has 3 nitrogen and oxygen atoms in total. The van der Waals surface area contributed by atoms with Gasteiger partial charge in [0.2, 0.25) is 5.67 Å². The molecule has 16 heavy (non-hydrogen) atoms. The molecule has 1 unspecified atom stereocenters. The van der Waals surface area contributed by atoms with Crippen LogP contribution in [0.2, 0.25) is 0 Å². The highest BCUT2D eigenvalue weighted by Crippen LogP contribution is 2.28. The van der Waals surface area contributed by atoms with E-state index in [1.807, 2.05) is 13.8 Å². The van der Waals surface area contributed by atoms with Crippen molar-refractivity contribution in [1.82, 2.24) is 0 Å². The molecule has 0 spiro atoms. The Kier molecular flexibility index (Phi) is 3.52. The normalized spacial score (nSPS) is 14.6. The first kappa shape index (κ1) is 12.5.